The fourth-order valence-corrected chi connectivity index (χ4v) is 2.59. The minimum absolute atomic E-state index is 0.0657. The summed E-state index contributed by atoms with van der Waals surface area (Å²) in [6.45, 7) is 3.08. The molecule has 0 radical (unpaired) electrons. The third kappa shape index (κ3) is 3.53. The molecule has 0 heterocycles. The summed E-state index contributed by atoms with van der Waals surface area (Å²) in [4.78, 5) is 0. The minimum Gasteiger partial charge on any atom is -0.314 e. The molecule has 1 saturated carbocycles. The molecule has 0 spiro atoms. The molecule has 1 aliphatic carbocycles. The lowest BCUT2D eigenvalue weighted by Crippen LogP contribution is -2.34. The first kappa shape index (κ1) is 12.6. The lowest BCUT2D eigenvalue weighted by molar-refractivity contribution is 0.259. The predicted molar refractivity (Wildman–Crippen MR) is 69.5 cm³/mol. The summed E-state index contributed by atoms with van der Waals surface area (Å²) in [5.74, 6) is 0.801. The number of hydrogen-bond acceptors (Lipinski definition) is 1. The van der Waals surface area contributed by atoms with Gasteiger partial charge < -0.3 is 5.32 Å². The number of likely N-dealkylation sites (N-methyl/N-ethyl adjacent to an activating group) is 1. The molecule has 1 N–H and O–H groups in total. The zero-order valence-electron chi connectivity index (χ0n) is 10.6. The van der Waals surface area contributed by atoms with Crippen molar-refractivity contribution in [3.05, 3.63) is 35.6 Å². The lowest BCUT2D eigenvalue weighted by Gasteiger charge is -2.30. The molecule has 1 aromatic carbocycles. The zero-order chi connectivity index (χ0) is 12.1. The van der Waals surface area contributed by atoms with Crippen molar-refractivity contribution >= 4 is 0 Å². The van der Waals surface area contributed by atoms with E-state index in [0.29, 0.717) is 6.04 Å². The van der Waals surface area contributed by atoms with Gasteiger partial charge in [-0.05, 0) is 36.9 Å². The molecule has 1 atom stereocenters. The van der Waals surface area contributed by atoms with Crippen molar-refractivity contribution in [1.29, 1.82) is 0 Å². The van der Waals surface area contributed by atoms with Gasteiger partial charge in [0, 0.05) is 6.04 Å². The molecule has 2 heteroatoms. The van der Waals surface area contributed by atoms with Crippen LogP contribution in [0.3, 0.4) is 0 Å². The highest BCUT2D eigenvalue weighted by atomic mass is 19.1. The van der Waals surface area contributed by atoms with Gasteiger partial charge in [0.1, 0.15) is 5.82 Å². The van der Waals surface area contributed by atoms with Gasteiger partial charge in [-0.3, -0.25) is 0 Å². The van der Waals surface area contributed by atoms with Crippen molar-refractivity contribution < 1.29 is 4.39 Å². The van der Waals surface area contributed by atoms with E-state index in [1.807, 2.05) is 12.1 Å². The Morgan fingerprint density at radius 2 is 2.12 bits per heavy atom. The molecule has 0 amide bonds. The topological polar surface area (TPSA) is 12.0 Å². The number of benzene rings is 1. The normalized spacial score (nSPS) is 17.8. The van der Waals surface area contributed by atoms with E-state index in [4.69, 9.17) is 0 Å². The van der Waals surface area contributed by atoms with E-state index in [2.05, 4.69) is 12.2 Å². The second kappa shape index (κ2) is 6.15. The van der Waals surface area contributed by atoms with Crippen LogP contribution in [0.5, 0.6) is 0 Å². The summed E-state index contributed by atoms with van der Waals surface area (Å²) in [6, 6.07) is 7.57. The molecule has 2 rings (SSSR count). The third-order valence-corrected chi connectivity index (χ3v) is 3.76. The monoisotopic (exact) mass is 235 g/mol. The Bertz CT molecular complexity index is 347. The maximum atomic E-state index is 13.6. The van der Waals surface area contributed by atoms with Crippen LogP contribution in [0.4, 0.5) is 4.39 Å². The number of hydrogen-bond donors (Lipinski definition) is 1. The first-order valence-electron chi connectivity index (χ1n) is 6.76. The molecule has 1 aliphatic rings. The van der Waals surface area contributed by atoms with Crippen LogP contribution in [0.15, 0.2) is 24.3 Å². The Morgan fingerprint density at radius 1 is 1.35 bits per heavy atom. The van der Waals surface area contributed by atoms with Crippen molar-refractivity contribution in [2.45, 2.75) is 45.1 Å². The van der Waals surface area contributed by atoms with Crippen LogP contribution >= 0.6 is 0 Å². The Balaban J connectivity index is 1.93. The maximum absolute atomic E-state index is 13.6. The molecule has 1 aromatic rings. The highest BCUT2D eigenvalue weighted by Crippen LogP contribution is 2.31. The van der Waals surface area contributed by atoms with Crippen LogP contribution in [0, 0.1) is 11.7 Å². The van der Waals surface area contributed by atoms with E-state index in [9.17, 15) is 4.39 Å². The van der Waals surface area contributed by atoms with E-state index in [-0.39, 0.29) is 5.82 Å². The van der Waals surface area contributed by atoms with E-state index < -0.39 is 0 Å². The van der Waals surface area contributed by atoms with Crippen LogP contribution in [-0.4, -0.2) is 12.6 Å². The number of halogens is 1. The van der Waals surface area contributed by atoms with Crippen LogP contribution in [0.1, 0.15) is 38.2 Å². The van der Waals surface area contributed by atoms with E-state index >= 15 is 0 Å². The van der Waals surface area contributed by atoms with Gasteiger partial charge in [0.25, 0.3) is 0 Å². The van der Waals surface area contributed by atoms with E-state index in [1.165, 1.54) is 25.7 Å². The molecular weight excluding hydrogens is 213 g/mol. The zero-order valence-corrected chi connectivity index (χ0v) is 10.6. The third-order valence-electron chi connectivity index (χ3n) is 3.76. The van der Waals surface area contributed by atoms with Gasteiger partial charge in [-0.1, -0.05) is 44.4 Å². The van der Waals surface area contributed by atoms with E-state index in [1.54, 1.807) is 12.1 Å². The molecule has 17 heavy (non-hydrogen) atoms. The van der Waals surface area contributed by atoms with Gasteiger partial charge in [0.2, 0.25) is 0 Å². The quantitative estimate of drug-likeness (QED) is 0.795. The van der Waals surface area contributed by atoms with Crippen LogP contribution in [0.2, 0.25) is 0 Å². The van der Waals surface area contributed by atoms with Crippen LogP contribution < -0.4 is 5.32 Å². The van der Waals surface area contributed by atoms with Crippen molar-refractivity contribution in [3.8, 4) is 0 Å². The largest absolute Gasteiger partial charge is 0.314 e. The van der Waals surface area contributed by atoms with Gasteiger partial charge in [0.05, 0.1) is 0 Å². The molecule has 0 aliphatic heterocycles. The fraction of sp³-hybridized carbons (Fsp3) is 0.600. The highest BCUT2D eigenvalue weighted by molar-refractivity contribution is 5.18. The average molecular weight is 235 g/mol. The van der Waals surface area contributed by atoms with Gasteiger partial charge in [-0.15, -0.1) is 0 Å². The molecule has 0 bridgehead atoms. The van der Waals surface area contributed by atoms with Crippen LogP contribution in [0.25, 0.3) is 0 Å². The van der Waals surface area contributed by atoms with Crippen molar-refractivity contribution in [3.63, 3.8) is 0 Å². The molecule has 1 nitrogen and oxygen atoms in total. The van der Waals surface area contributed by atoms with Gasteiger partial charge >= 0.3 is 0 Å². The Labute approximate surface area is 103 Å². The second-order valence-electron chi connectivity index (χ2n) is 5.08. The molecular formula is C15H22FN. The number of nitrogens with one attached hydrogen (secondary N) is 1. The first-order valence-corrected chi connectivity index (χ1v) is 6.76. The second-order valence-corrected chi connectivity index (χ2v) is 5.08. The predicted octanol–water partition coefficient (Wildman–Crippen LogP) is 3.54. The van der Waals surface area contributed by atoms with Gasteiger partial charge in [-0.2, -0.15) is 0 Å². The molecule has 1 unspecified atom stereocenters. The fourth-order valence-electron chi connectivity index (χ4n) is 2.59. The van der Waals surface area contributed by atoms with Gasteiger partial charge in [0.15, 0.2) is 0 Å². The molecule has 94 valence electrons. The van der Waals surface area contributed by atoms with E-state index in [0.717, 1.165) is 24.4 Å². The van der Waals surface area contributed by atoms with Crippen molar-refractivity contribution in [1.82, 2.24) is 5.32 Å². The smallest absolute Gasteiger partial charge is 0.126 e. The average Bonchev–Trinajstić information content (AvgIpc) is 2.26. The summed E-state index contributed by atoms with van der Waals surface area (Å²) in [5.41, 5.74) is 0.845. The summed E-state index contributed by atoms with van der Waals surface area (Å²) in [7, 11) is 0. The maximum Gasteiger partial charge on any atom is 0.126 e. The SMILES string of the molecule is CCNC(Cc1ccccc1F)CC1CCC1. The number of rotatable bonds is 6. The first-order chi connectivity index (χ1) is 8.29. The summed E-state index contributed by atoms with van der Waals surface area (Å²) in [6.07, 6.45) is 6.11. The Morgan fingerprint density at radius 3 is 2.71 bits per heavy atom. The summed E-state index contributed by atoms with van der Waals surface area (Å²) >= 11 is 0. The van der Waals surface area contributed by atoms with Crippen LogP contribution in [-0.2, 0) is 6.42 Å². The lowest BCUT2D eigenvalue weighted by atomic mass is 9.80. The standard InChI is InChI=1S/C15H22FN/c1-2-17-14(10-12-6-5-7-12)11-13-8-3-4-9-15(13)16/h3-4,8-9,12,14,17H,2,5-7,10-11H2,1H3. The molecule has 0 saturated heterocycles. The molecule has 1 fully saturated rings. The van der Waals surface area contributed by atoms with Gasteiger partial charge in [-0.25, -0.2) is 4.39 Å². The highest BCUT2D eigenvalue weighted by Gasteiger charge is 2.22. The Kier molecular flexibility index (Phi) is 4.55. The molecule has 0 aromatic heterocycles. The minimum atomic E-state index is -0.0657. The Hall–Kier alpha value is -0.890. The summed E-state index contributed by atoms with van der Waals surface area (Å²) in [5, 5.41) is 3.49. The van der Waals surface area contributed by atoms with Crippen molar-refractivity contribution in [2.24, 2.45) is 5.92 Å². The summed E-state index contributed by atoms with van der Waals surface area (Å²) < 4.78 is 13.6. The van der Waals surface area contributed by atoms with Crippen molar-refractivity contribution in [2.75, 3.05) is 6.54 Å².